The third-order valence-corrected chi connectivity index (χ3v) is 5.02. The summed E-state index contributed by atoms with van der Waals surface area (Å²) in [4.78, 5) is 34.4. The number of nitriles is 1. The van der Waals surface area contributed by atoms with Crippen LogP contribution < -0.4 is 10.6 Å². The quantitative estimate of drug-likeness (QED) is 0.457. The molecule has 0 saturated carbocycles. The van der Waals surface area contributed by atoms with E-state index in [0.717, 1.165) is 5.56 Å². The van der Waals surface area contributed by atoms with Crippen LogP contribution in [0.15, 0.2) is 54.7 Å². The number of benzene rings is 2. The zero-order chi connectivity index (χ0) is 23.2. The molecule has 0 radical (unpaired) electrons. The SMILES string of the molecule is N#CNC(=O)c1ccc(-c2ccnc(Nc3ccc(C(=O)N4CCOCC4)c(F)c3)n2)cc1. The van der Waals surface area contributed by atoms with Crippen molar-refractivity contribution in [1.82, 2.24) is 20.2 Å². The van der Waals surface area contributed by atoms with Gasteiger partial charge in [0.2, 0.25) is 5.95 Å². The summed E-state index contributed by atoms with van der Waals surface area (Å²) in [5, 5.41) is 13.6. The largest absolute Gasteiger partial charge is 0.378 e. The number of anilines is 2. The second kappa shape index (κ2) is 9.84. The van der Waals surface area contributed by atoms with E-state index in [9.17, 15) is 14.0 Å². The number of nitrogens with zero attached hydrogens (tertiary/aromatic N) is 4. The molecule has 33 heavy (non-hydrogen) atoms. The van der Waals surface area contributed by atoms with E-state index in [2.05, 4.69) is 20.6 Å². The highest BCUT2D eigenvalue weighted by molar-refractivity contribution is 5.96. The first-order valence-electron chi connectivity index (χ1n) is 10.1. The number of rotatable bonds is 5. The van der Waals surface area contributed by atoms with Crippen LogP contribution in [0.5, 0.6) is 0 Å². The molecule has 1 aliphatic rings. The van der Waals surface area contributed by atoms with Gasteiger partial charge in [0.15, 0.2) is 6.19 Å². The molecule has 1 aliphatic heterocycles. The summed E-state index contributed by atoms with van der Waals surface area (Å²) in [5.41, 5.74) is 2.05. The smallest absolute Gasteiger partial charge is 0.264 e. The maximum atomic E-state index is 14.6. The van der Waals surface area contributed by atoms with E-state index in [1.54, 1.807) is 53.7 Å². The minimum atomic E-state index is -0.640. The normalized spacial score (nSPS) is 13.2. The van der Waals surface area contributed by atoms with Crippen LogP contribution in [0.3, 0.4) is 0 Å². The monoisotopic (exact) mass is 446 g/mol. The van der Waals surface area contributed by atoms with Crippen molar-refractivity contribution in [1.29, 1.82) is 5.26 Å². The molecule has 0 aliphatic carbocycles. The molecule has 2 amide bonds. The van der Waals surface area contributed by atoms with Crippen molar-refractivity contribution in [3.63, 3.8) is 0 Å². The van der Waals surface area contributed by atoms with Crippen molar-refractivity contribution in [3.8, 4) is 17.5 Å². The molecular formula is C23H19FN6O3. The summed E-state index contributed by atoms with van der Waals surface area (Å²) in [6.07, 6.45) is 3.14. The van der Waals surface area contributed by atoms with Crippen LogP contribution in [0.1, 0.15) is 20.7 Å². The van der Waals surface area contributed by atoms with Gasteiger partial charge in [-0.1, -0.05) is 12.1 Å². The van der Waals surface area contributed by atoms with Gasteiger partial charge >= 0.3 is 0 Å². The molecule has 10 heteroatoms. The Morgan fingerprint density at radius 1 is 1.09 bits per heavy atom. The molecule has 2 N–H and O–H groups in total. The minimum absolute atomic E-state index is 0.00218. The van der Waals surface area contributed by atoms with Crippen LogP contribution in [0, 0.1) is 17.3 Å². The maximum absolute atomic E-state index is 14.6. The summed E-state index contributed by atoms with van der Waals surface area (Å²) in [5.74, 6) is -1.26. The Morgan fingerprint density at radius 3 is 2.55 bits per heavy atom. The Labute approximate surface area is 188 Å². The number of ether oxygens (including phenoxy) is 1. The Morgan fingerprint density at radius 2 is 1.85 bits per heavy atom. The van der Waals surface area contributed by atoms with Crippen LogP contribution in [0.4, 0.5) is 16.0 Å². The fourth-order valence-corrected chi connectivity index (χ4v) is 3.33. The summed E-state index contributed by atoms with van der Waals surface area (Å²) in [6, 6.07) is 12.5. The van der Waals surface area contributed by atoms with Crippen LogP contribution >= 0.6 is 0 Å². The summed E-state index contributed by atoms with van der Waals surface area (Å²) in [6.45, 7) is 1.75. The van der Waals surface area contributed by atoms with Gasteiger partial charge < -0.3 is 15.0 Å². The van der Waals surface area contributed by atoms with Crippen LogP contribution in [-0.4, -0.2) is 53.0 Å². The molecule has 1 fully saturated rings. The lowest BCUT2D eigenvalue weighted by atomic mass is 10.1. The molecule has 166 valence electrons. The number of hydrogen-bond donors (Lipinski definition) is 2. The van der Waals surface area contributed by atoms with Gasteiger partial charge in [-0.05, 0) is 36.4 Å². The van der Waals surface area contributed by atoms with Crippen LogP contribution in [0.2, 0.25) is 0 Å². The van der Waals surface area contributed by atoms with E-state index < -0.39 is 11.7 Å². The minimum Gasteiger partial charge on any atom is -0.378 e. The number of hydrogen-bond acceptors (Lipinski definition) is 7. The van der Waals surface area contributed by atoms with Gasteiger partial charge in [0.25, 0.3) is 11.8 Å². The Kier molecular flexibility index (Phi) is 6.52. The first-order valence-corrected chi connectivity index (χ1v) is 10.1. The average Bonchev–Trinajstić information content (AvgIpc) is 2.85. The fourth-order valence-electron chi connectivity index (χ4n) is 3.33. The van der Waals surface area contributed by atoms with Crippen LogP contribution in [0.25, 0.3) is 11.3 Å². The predicted molar refractivity (Wildman–Crippen MR) is 117 cm³/mol. The third-order valence-electron chi connectivity index (χ3n) is 5.02. The molecule has 4 rings (SSSR count). The highest BCUT2D eigenvalue weighted by Crippen LogP contribution is 2.22. The number of carbonyl (C=O) groups is 2. The van der Waals surface area contributed by atoms with Gasteiger partial charge in [0, 0.05) is 36.1 Å². The highest BCUT2D eigenvalue weighted by Gasteiger charge is 2.21. The number of amides is 2. The van der Waals surface area contributed by atoms with Crippen molar-refractivity contribution < 1.29 is 18.7 Å². The molecule has 1 aromatic heterocycles. The molecule has 1 saturated heterocycles. The van der Waals surface area contributed by atoms with Crippen molar-refractivity contribution in [2.24, 2.45) is 0 Å². The number of aromatic nitrogens is 2. The van der Waals surface area contributed by atoms with Gasteiger partial charge in [0.05, 0.1) is 24.5 Å². The molecule has 2 aromatic carbocycles. The van der Waals surface area contributed by atoms with E-state index >= 15 is 0 Å². The number of morpholine rings is 1. The summed E-state index contributed by atoms with van der Waals surface area (Å²) < 4.78 is 19.9. The van der Waals surface area contributed by atoms with Gasteiger partial charge in [0.1, 0.15) is 5.82 Å². The van der Waals surface area contributed by atoms with Gasteiger partial charge in [-0.2, -0.15) is 5.26 Å². The Bertz CT molecular complexity index is 1220. The molecule has 0 unspecified atom stereocenters. The summed E-state index contributed by atoms with van der Waals surface area (Å²) in [7, 11) is 0. The topological polar surface area (TPSA) is 120 Å². The highest BCUT2D eigenvalue weighted by atomic mass is 19.1. The molecule has 2 heterocycles. The van der Waals surface area contributed by atoms with Crippen molar-refractivity contribution in [3.05, 3.63) is 71.7 Å². The van der Waals surface area contributed by atoms with E-state index in [1.165, 1.54) is 12.1 Å². The number of nitrogens with one attached hydrogen (secondary N) is 2. The lowest BCUT2D eigenvalue weighted by Crippen LogP contribution is -2.41. The number of carbonyl (C=O) groups excluding carboxylic acids is 2. The maximum Gasteiger partial charge on any atom is 0.264 e. The van der Waals surface area contributed by atoms with Gasteiger partial charge in [-0.15, -0.1) is 0 Å². The third kappa shape index (κ3) is 5.11. The van der Waals surface area contributed by atoms with Crippen molar-refractivity contribution in [2.45, 2.75) is 0 Å². The Hall–Kier alpha value is -4.36. The zero-order valence-electron chi connectivity index (χ0n) is 17.4. The fraction of sp³-hybridized carbons (Fsp3) is 0.174. The van der Waals surface area contributed by atoms with E-state index in [-0.39, 0.29) is 17.4 Å². The first kappa shape index (κ1) is 21.9. The first-order chi connectivity index (χ1) is 16.0. The van der Waals surface area contributed by atoms with E-state index in [0.29, 0.717) is 43.2 Å². The van der Waals surface area contributed by atoms with Crippen LogP contribution in [-0.2, 0) is 4.74 Å². The second-order valence-corrected chi connectivity index (χ2v) is 7.13. The van der Waals surface area contributed by atoms with Gasteiger partial charge in [-0.25, -0.2) is 14.4 Å². The van der Waals surface area contributed by atoms with E-state index in [1.807, 2.05) is 0 Å². The molecule has 0 atom stereocenters. The second-order valence-electron chi connectivity index (χ2n) is 7.13. The van der Waals surface area contributed by atoms with Gasteiger partial charge in [-0.3, -0.25) is 14.9 Å². The number of halogens is 1. The molecule has 0 spiro atoms. The van der Waals surface area contributed by atoms with Crippen molar-refractivity contribution in [2.75, 3.05) is 31.6 Å². The van der Waals surface area contributed by atoms with E-state index in [4.69, 9.17) is 10.00 Å². The molecule has 9 nitrogen and oxygen atoms in total. The lowest BCUT2D eigenvalue weighted by Gasteiger charge is -2.27. The molecular weight excluding hydrogens is 427 g/mol. The lowest BCUT2D eigenvalue weighted by molar-refractivity contribution is 0.0300. The Balaban J connectivity index is 1.48. The molecule has 0 bridgehead atoms. The molecule has 3 aromatic rings. The standard InChI is InChI=1S/C23H19FN6O3/c24-19-13-17(5-6-18(19)22(32)30-9-11-33-12-10-30)28-23-26-8-7-20(29-23)15-1-3-16(4-2-15)21(31)27-14-25/h1-8,13H,9-12H2,(H,27,31)(H,26,28,29). The zero-order valence-corrected chi connectivity index (χ0v) is 17.4. The van der Waals surface area contributed by atoms with Crippen molar-refractivity contribution >= 4 is 23.5 Å². The predicted octanol–water partition coefficient (Wildman–Crippen LogP) is 2.71. The average molecular weight is 446 g/mol. The summed E-state index contributed by atoms with van der Waals surface area (Å²) >= 11 is 0.